The first-order valence-corrected chi connectivity index (χ1v) is 7.93. The molecule has 25 heavy (non-hydrogen) atoms. The van der Waals surface area contributed by atoms with E-state index in [1.807, 2.05) is 5.32 Å². The minimum atomic E-state index is -5.15. The van der Waals surface area contributed by atoms with Crippen LogP contribution in [0.25, 0.3) is 0 Å². The molecule has 9 heteroatoms. The summed E-state index contributed by atoms with van der Waals surface area (Å²) in [5, 5.41) is 3.79. The van der Waals surface area contributed by atoms with Crippen LogP contribution in [0.5, 0.6) is 0 Å². The Hall–Kier alpha value is -2.32. The van der Waals surface area contributed by atoms with Gasteiger partial charge >= 0.3 is 17.8 Å². The molecule has 0 bridgehead atoms. The molecule has 0 spiro atoms. The minimum absolute atomic E-state index is 0.142. The van der Waals surface area contributed by atoms with Gasteiger partial charge < -0.3 is 15.4 Å². The monoisotopic (exact) mass is 361 g/mol. The molecule has 0 saturated heterocycles. The van der Waals surface area contributed by atoms with Crippen LogP contribution < -0.4 is 10.6 Å². The molecule has 1 aromatic rings. The summed E-state index contributed by atoms with van der Waals surface area (Å²) in [4.78, 5) is 28.0. The molecule has 1 aromatic heterocycles. The van der Waals surface area contributed by atoms with E-state index in [2.05, 4.69) is 9.72 Å². The third-order valence-corrected chi connectivity index (χ3v) is 3.30. The Morgan fingerprint density at radius 2 is 1.92 bits per heavy atom. The molecule has 0 saturated carbocycles. The van der Waals surface area contributed by atoms with E-state index in [-0.39, 0.29) is 18.8 Å². The van der Waals surface area contributed by atoms with Crippen molar-refractivity contribution in [2.24, 2.45) is 0 Å². The van der Waals surface area contributed by atoms with E-state index in [9.17, 15) is 22.8 Å². The molecule has 0 aromatic carbocycles. The number of aromatic nitrogens is 1. The van der Waals surface area contributed by atoms with Gasteiger partial charge in [-0.25, -0.2) is 9.78 Å². The van der Waals surface area contributed by atoms with Gasteiger partial charge in [-0.1, -0.05) is 19.4 Å². The molecule has 0 radical (unpaired) electrons. The summed E-state index contributed by atoms with van der Waals surface area (Å²) in [5.41, 5.74) is -2.96. The molecule has 1 rings (SSSR count). The molecule has 140 valence electrons. The number of rotatable bonds is 8. The standard InChI is InChI=1S/C16H22F3N3O3/c1-4-6-10-13(23)22-15(16(17,18)19,14(24)25-5-2)21-12-9-7-8-11(3)20-12/h7-9H,4-6,10H2,1-3H3,(H,20,21)(H,22,23)/t15-/m1/s1. The van der Waals surface area contributed by atoms with Crippen molar-refractivity contribution >= 4 is 17.7 Å². The number of ether oxygens (including phenoxy) is 1. The molecule has 1 heterocycles. The van der Waals surface area contributed by atoms with Crippen molar-refractivity contribution < 1.29 is 27.5 Å². The van der Waals surface area contributed by atoms with Gasteiger partial charge in [0.1, 0.15) is 5.82 Å². The summed E-state index contributed by atoms with van der Waals surface area (Å²) in [7, 11) is 0. The average molecular weight is 361 g/mol. The molecule has 0 unspecified atom stereocenters. The summed E-state index contributed by atoms with van der Waals surface area (Å²) in [6, 6.07) is 4.34. The van der Waals surface area contributed by atoms with Gasteiger partial charge in [0.25, 0.3) is 0 Å². The first-order chi connectivity index (χ1) is 11.7. The summed E-state index contributed by atoms with van der Waals surface area (Å²) in [6.45, 7) is 4.49. The lowest BCUT2D eigenvalue weighted by molar-refractivity contribution is -0.208. The van der Waals surface area contributed by atoms with Gasteiger partial charge in [-0.3, -0.25) is 4.79 Å². The number of carbonyl (C=O) groups excluding carboxylic acids is 2. The maximum absolute atomic E-state index is 13.8. The van der Waals surface area contributed by atoms with Crippen LogP contribution in [0.4, 0.5) is 19.0 Å². The van der Waals surface area contributed by atoms with Crippen LogP contribution in [0, 0.1) is 6.92 Å². The maximum atomic E-state index is 13.8. The van der Waals surface area contributed by atoms with E-state index in [0.717, 1.165) is 0 Å². The van der Waals surface area contributed by atoms with Gasteiger partial charge in [-0.05, 0) is 32.4 Å². The fourth-order valence-electron chi connectivity index (χ4n) is 2.04. The second-order valence-electron chi connectivity index (χ2n) is 5.41. The summed E-state index contributed by atoms with van der Waals surface area (Å²) >= 11 is 0. The van der Waals surface area contributed by atoms with Crippen LogP contribution in [0.3, 0.4) is 0 Å². The van der Waals surface area contributed by atoms with E-state index in [4.69, 9.17) is 0 Å². The van der Waals surface area contributed by atoms with Crippen molar-refractivity contribution in [1.82, 2.24) is 10.3 Å². The number of esters is 1. The van der Waals surface area contributed by atoms with Gasteiger partial charge in [-0.2, -0.15) is 13.2 Å². The number of alkyl halides is 3. The van der Waals surface area contributed by atoms with Gasteiger partial charge in [0, 0.05) is 12.1 Å². The lowest BCUT2D eigenvalue weighted by Crippen LogP contribution is -2.69. The third-order valence-electron chi connectivity index (χ3n) is 3.30. The average Bonchev–Trinajstić information content (AvgIpc) is 2.51. The number of unbranched alkanes of at least 4 members (excludes halogenated alkanes) is 1. The number of halogens is 3. The predicted octanol–water partition coefficient (Wildman–Crippen LogP) is 2.93. The molecule has 1 amide bonds. The Bertz CT molecular complexity index is 608. The summed E-state index contributed by atoms with van der Waals surface area (Å²) in [5.74, 6) is -2.76. The fourth-order valence-corrected chi connectivity index (χ4v) is 2.04. The zero-order valence-corrected chi connectivity index (χ0v) is 14.4. The zero-order chi connectivity index (χ0) is 19.1. The zero-order valence-electron chi connectivity index (χ0n) is 14.4. The van der Waals surface area contributed by atoms with Gasteiger partial charge in [-0.15, -0.1) is 0 Å². The van der Waals surface area contributed by atoms with Crippen molar-refractivity contribution in [2.45, 2.75) is 51.9 Å². The molecule has 1 atom stereocenters. The number of carbonyl (C=O) groups is 2. The van der Waals surface area contributed by atoms with E-state index in [1.54, 1.807) is 25.2 Å². The Morgan fingerprint density at radius 1 is 1.24 bits per heavy atom. The molecule has 0 fully saturated rings. The highest BCUT2D eigenvalue weighted by Crippen LogP contribution is 2.33. The number of amides is 1. The highest BCUT2D eigenvalue weighted by atomic mass is 19.4. The molecular weight excluding hydrogens is 339 g/mol. The first-order valence-electron chi connectivity index (χ1n) is 7.93. The van der Waals surface area contributed by atoms with E-state index in [1.165, 1.54) is 19.1 Å². The van der Waals surface area contributed by atoms with Crippen molar-refractivity contribution in [2.75, 3.05) is 11.9 Å². The van der Waals surface area contributed by atoms with Crippen LogP contribution in [-0.4, -0.2) is 35.3 Å². The first kappa shape index (κ1) is 20.7. The van der Waals surface area contributed by atoms with Crippen LogP contribution in [0.2, 0.25) is 0 Å². The largest absolute Gasteiger partial charge is 0.463 e. The Labute approximate surface area is 144 Å². The summed E-state index contributed by atoms with van der Waals surface area (Å²) in [6.07, 6.45) is -4.27. The lowest BCUT2D eigenvalue weighted by Gasteiger charge is -2.35. The number of nitrogens with one attached hydrogen (secondary N) is 2. The molecule has 2 N–H and O–H groups in total. The van der Waals surface area contributed by atoms with Crippen LogP contribution >= 0.6 is 0 Å². The van der Waals surface area contributed by atoms with Crippen molar-refractivity contribution in [1.29, 1.82) is 0 Å². The van der Waals surface area contributed by atoms with E-state index >= 15 is 0 Å². The van der Waals surface area contributed by atoms with Gasteiger partial charge in [0.2, 0.25) is 5.91 Å². The third kappa shape index (κ3) is 5.33. The van der Waals surface area contributed by atoms with Crippen LogP contribution in [-0.2, 0) is 14.3 Å². The maximum Gasteiger partial charge on any atom is 0.441 e. The minimum Gasteiger partial charge on any atom is -0.463 e. The van der Waals surface area contributed by atoms with E-state index < -0.39 is 23.7 Å². The van der Waals surface area contributed by atoms with Gasteiger partial charge in [0.15, 0.2) is 0 Å². The highest BCUT2D eigenvalue weighted by Gasteiger charge is 2.63. The smallest absolute Gasteiger partial charge is 0.441 e. The number of pyridine rings is 1. The molecular formula is C16H22F3N3O3. The molecule has 0 aliphatic carbocycles. The SMILES string of the molecule is CCCCC(=O)N[C@](Nc1cccc(C)n1)(C(=O)OCC)C(F)(F)F. The second kappa shape index (κ2) is 8.68. The highest BCUT2D eigenvalue weighted by molar-refractivity contribution is 5.91. The fraction of sp³-hybridized carbons (Fsp3) is 0.562. The number of anilines is 1. The van der Waals surface area contributed by atoms with Crippen molar-refractivity contribution in [3.63, 3.8) is 0 Å². The molecule has 6 nitrogen and oxygen atoms in total. The van der Waals surface area contributed by atoms with Crippen LogP contribution in [0.1, 0.15) is 38.8 Å². The topological polar surface area (TPSA) is 80.3 Å². The predicted molar refractivity (Wildman–Crippen MR) is 85.7 cm³/mol. The normalized spacial score (nSPS) is 13.7. The van der Waals surface area contributed by atoms with Crippen molar-refractivity contribution in [3.05, 3.63) is 23.9 Å². The Balaban J connectivity index is 3.29. The number of aryl methyl sites for hydroxylation is 1. The molecule has 0 aliphatic rings. The summed E-state index contributed by atoms with van der Waals surface area (Å²) < 4.78 is 46.0. The van der Waals surface area contributed by atoms with Crippen molar-refractivity contribution in [3.8, 4) is 0 Å². The number of hydrogen-bond acceptors (Lipinski definition) is 5. The quantitative estimate of drug-likeness (QED) is 0.550. The Morgan fingerprint density at radius 3 is 2.44 bits per heavy atom. The van der Waals surface area contributed by atoms with Crippen LogP contribution in [0.15, 0.2) is 18.2 Å². The number of nitrogens with zero attached hydrogens (tertiary/aromatic N) is 1. The number of hydrogen-bond donors (Lipinski definition) is 2. The lowest BCUT2D eigenvalue weighted by atomic mass is 10.1. The van der Waals surface area contributed by atoms with Gasteiger partial charge in [0.05, 0.1) is 6.61 Å². The molecule has 0 aliphatic heterocycles. The van der Waals surface area contributed by atoms with E-state index in [0.29, 0.717) is 18.5 Å². The second-order valence-corrected chi connectivity index (χ2v) is 5.41. The Kier molecular flexibility index (Phi) is 7.20.